The Hall–Kier alpha value is -3.08. The number of nitrogens with zero attached hydrogens (tertiary/aromatic N) is 1. The Kier molecular flexibility index (Phi) is 9.17. The van der Waals surface area contributed by atoms with E-state index in [1.807, 2.05) is 54.7 Å². The van der Waals surface area contributed by atoms with Gasteiger partial charge in [0.2, 0.25) is 0 Å². The summed E-state index contributed by atoms with van der Waals surface area (Å²) in [7, 11) is 0. The van der Waals surface area contributed by atoms with Crippen LogP contribution in [0.3, 0.4) is 0 Å². The van der Waals surface area contributed by atoms with E-state index in [9.17, 15) is 4.79 Å². The van der Waals surface area contributed by atoms with Crippen molar-refractivity contribution in [3.63, 3.8) is 0 Å². The van der Waals surface area contributed by atoms with Crippen molar-refractivity contribution in [2.45, 2.75) is 45.4 Å². The predicted molar refractivity (Wildman–Crippen MR) is 128 cm³/mol. The van der Waals surface area contributed by atoms with Crippen molar-refractivity contribution in [3.05, 3.63) is 66.4 Å². The molecule has 0 fully saturated rings. The molecule has 164 valence electrons. The normalized spacial score (nSPS) is 10.7. The van der Waals surface area contributed by atoms with Gasteiger partial charge in [0.1, 0.15) is 5.75 Å². The number of ether oxygens (including phenoxy) is 1. The van der Waals surface area contributed by atoms with Crippen molar-refractivity contribution in [3.8, 4) is 5.75 Å². The van der Waals surface area contributed by atoms with Crippen molar-refractivity contribution >= 4 is 22.5 Å². The third-order valence-corrected chi connectivity index (χ3v) is 5.24. The van der Waals surface area contributed by atoms with Crippen LogP contribution in [-0.2, 0) is 0 Å². The highest BCUT2D eigenvalue weighted by molar-refractivity contribution is 5.96. The molecule has 0 radical (unpaired) electrons. The van der Waals surface area contributed by atoms with Gasteiger partial charge in [-0.3, -0.25) is 9.78 Å². The first-order chi connectivity index (χ1) is 15.3. The van der Waals surface area contributed by atoms with Crippen LogP contribution in [0.15, 0.2) is 60.8 Å². The molecule has 1 amide bonds. The van der Waals surface area contributed by atoms with E-state index in [4.69, 9.17) is 4.74 Å². The molecular weight excluding hydrogens is 386 g/mol. The minimum atomic E-state index is -0.0720. The molecule has 3 aromatic rings. The number of aromatic nitrogens is 1. The minimum absolute atomic E-state index is 0.0720. The molecule has 0 atom stereocenters. The molecule has 0 aliphatic heterocycles. The molecule has 0 saturated heterocycles. The summed E-state index contributed by atoms with van der Waals surface area (Å²) in [5, 5.41) is 7.63. The van der Waals surface area contributed by atoms with E-state index in [2.05, 4.69) is 28.6 Å². The third kappa shape index (κ3) is 6.99. The van der Waals surface area contributed by atoms with Gasteiger partial charge in [-0.2, -0.15) is 0 Å². The lowest BCUT2D eigenvalue weighted by molar-refractivity contribution is 0.0949. The molecule has 2 N–H and O–H groups in total. The van der Waals surface area contributed by atoms with Gasteiger partial charge in [-0.25, -0.2) is 0 Å². The van der Waals surface area contributed by atoms with Crippen LogP contribution in [0.5, 0.6) is 5.75 Å². The second kappa shape index (κ2) is 12.6. The molecule has 5 heteroatoms. The number of rotatable bonds is 13. The molecule has 31 heavy (non-hydrogen) atoms. The maximum atomic E-state index is 12.6. The second-order valence-corrected chi connectivity index (χ2v) is 7.67. The number of fused-ring (bicyclic) bond motifs is 1. The standard InChI is InChI=1S/C26H33N3O2/c1-2-3-4-11-20-31-25-15-8-6-13-22(25)26(30)29-18-10-9-17-27-24-16-19-28-23-14-7-5-12-21(23)24/h5-8,12-16,19H,2-4,9-11,17-18,20H2,1H3,(H,27,28)(H,29,30). The topological polar surface area (TPSA) is 63.2 Å². The SMILES string of the molecule is CCCCCCOc1ccccc1C(=O)NCCCCNc1ccnc2ccccc12. The van der Waals surface area contributed by atoms with Gasteiger partial charge in [0.05, 0.1) is 17.7 Å². The first kappa shape index (κ1) is 22.6. The predicted octanol–water partition coefficient (Wildman–Crippen LogP) is 5.82. The van der Waals surface area contributed by atoms with E-state index in [0.29, 0.717) is 24.5 Å². The summed E-state index contributed by atoms with van der Waals surface area (Å²) in [5.41, 5.74) is 2.70. The van der Waals surface area contributed by atoms with Gasteiger partial charge in [0, 0.05) is 30.4 Å². The number of amides is 1. The number of anilines is 1. The van der Waals surface area contributed by atoms with E-state index in [1.54, 1.807) is 0 Å². The van der Waals surface area contributed by atoms with Gasteiger partial charge in [0.15, 0.2) is 0 Å². The largest absolute Gasteiger partial charge is 0.493 e. The number of carbonyl (C=O) groups is 1. The van der Waals surface area contributed by atoms with E-state index in [0.717, 1.165) is 48.8 Å². The highest BCUT2D eigenvalue weighted by Gasteiger charge is 2.11. The van der Waals surface area contributed by atoms with Crippen LogP contribution in [0, 0.1) is 0 Å². The summed E-state index contributed by atoms with van der Waals surface area (Å²) < 4.78 is 5.86. The van der Waals surface area contributed by atoms with Crippen molar-refractivity contribution in [1.82, 2.24) is 10.3 Å². The summed E-state index contributed by atoms with van der Waals surface area (Å²) >= 11 is 0. The Labute approximate surface area is 185 Å². The number of unbranched alkanes of at least 4 members (excludes halogenated alkanes) is 4. The fraction of sp³-hybridized carbons (Fsp3) is 0.385. The molecule has 1 aromatic heterocycles. The van der Waals surface area contributed by atoms with Crippen molar-refractivity contribution in [1.29, 1.82) is 0 Å². The van der Waals surface area contributed by atoms with Gasteiger partial charge >= 0.3 is 0 Å². The first-order valence-corrected chi connectivity index (χ1v) is 11.4. The quantitative estimate of drug-likeness (QED) is 0.343. The number of nitrogens with one attached hydrogen (secondary N) is 2. The van der Waals surface area contributed by atoms with Crippen LogP contribution in [0.25, 0.3) is 10.9 Å². The molecule has 0 saturated carbocycles. The Morgan fingerprint density at radius 1 is 0.903 bits per heavy atom. The molecule has 0 aliphatic carbocycles. The molecule has 0 unspecified atom stereocenters. The summed E-state index contributed by atoms with van der Waals surface area (Å²) in [6, 6.07) is 17.6. The number of pyridine rings is 1. The summed E-state index contributed by atoms with van der Waals surface area (Å²) in [4.78, 5) is 17.0. The number of hydrogen-bond donors (Lipinski definition) is 2. The van der Waals surface area contributed by atoms with Crippen LogP contribution in [-0.4, -0.2) is 30.6 Å². The number of benzene rings is 2. The summed E-state index contributed by atoms with van der Waals surface area (Å²) in [6.45, 7) is 4.33. The summed E-state index contributed by atoms with van der Waals surface area (Å²) in [6.07, 6.45) is 8.30. The van der Waals surface area contributed by atoms with Crippen molar-refractivity contribution in [2.75, 3.05) is 25.0 Å². The molecule has 0 bridgehead atoms. The van der Waals surface area contributed by atoms with Crippen LogP contribution in [0.2, 0.25) is 0 Å². The van der Waals surface area contributed by atoms with Gasteiger partial charge in [-0.1, -0.05) is 56.5 Å². The maximum absolute atomic E-state index is 12.6. The molecule has 5 nitrogen and oxygen atoms in total. The minimum Gasteiger partial charge on any atom is -0.493 e. The highest BCUT2D eigenvalue weighted by atomic mass is 16.5. The zero-order valence-corrected chi connectivity index (χ0v) is 18.4. The Morgan fingerprint density at radius 3 is 2.61 bits per heavy atom. The highest BCUT2D eigenvalue weighted by Crippen LogP contribution is 2.21. The molecule has 0 aliphatic rings. The maximum Gasteiger partial charge on any atom is 0.255 e. The average molecular weight is 420 g/mol. The van der Waals surface area contributed by atoms with E-state index >= 15 is 0 Å². The second-order valence-electron chi connectivity index (χ2n) is 7.67. The number of para-hydroxylation sites is 2. The van der Waals surface area contributed by atoms with Gasteiger partial charge in [-0.05, 0) is 43.5 Å². The van der Waals surface area contributed by atoms with E-state index in [1.165, 1.54) is 12.8 Å². The Balaban J connectivity index is 1.38. The third-order valence-electron chi connectivity index (χ3n) is 5.24. The molecule has 3 rings (SSSR count). The van der Waals surface area contributed by atoms with E-state index < -0.39 is 0 Å². The zero-order chi connectivity index (χ0) is 21.7. The Bertz CT molecular complexity index is 953. The fourth-order valence-electron chi connectivity index (χ4n) is 3.51. The van der Waals surface area contributed by atoms with Crippen LogP contribution < -0.4 is 15.4 Å². The molecular formula is C26H33N3O2. The van der Waals surface area contributed by atoms with Crippen LogP contribution in [0.4, 0.5) is 5.69 Å². The lowest BCUT2D eigenvalue weighted by atomic mass is 10.1. The average Bonchev–Trinajstić information content (AvgIpc) is 2.81. The van der Waals surface area contributed by atoms with Crippen LogP contribution >= 0.6 is 0 Å². The number of hydrogen-bond acceptors (Lipinski definition) is 4. The smallest absolute Gasteiger partial charge is 0.255 e. The van der Waals surface area contributed by atoms with Crippen LogP contribution in [0.1, 0.15) is 55.8 Å². The monoisotopic (exact) mass is 419 g/mol. The van der Waals surface area contributed by atoms with E-state index in [-0.39, 0.29) is 5.91 Å². The molecule has 1 heterocycles. The lowest BCUT2D eigenvalue weighted by Crippen LogP contribution is -2.25. The van der Waals surface area contributed by atoms with Crippen molar-refractivity contribution < 1.29 is 9.53 Å². The summed E-state index contributed by atoms with van der Waals surface area (Å²) in [5.74, 6) is 0.597. The molecule has 2 aromatic carbocycles. The fourth-order valence-corrected chi connectivity index (χ4v) is 3.51. The van der Waals surface area contributed by atoms with Gasteiger partial charge in [0.25, 0.3) is 5.91 Å². The van der Waals surface area contributed by atoms with Gasteiger partial charge < -0.3 is 15.4 Å². The number of carbonyl (C=O) groups excluding carboxylic acids is 1. The zero-order valence-electron chi connectivity index (χ0n) is 18.4. The Morgan fingerprint density at radius 2 is 1.71 bits per heavy atom. The lowest BCUT2D eigenvalue weighted by Gasteiger charge is -2.12. The van der Waals surface area contributed by atoms with Crippen molar-refractivity contribution in [2.24, 2.45) is 0 Å². The van der Waals surface area contributed by atoms with Gasteiger partial charge in [-0.15, -0.1) is 0 Å². The molecule has 0 spiro atoms. The first-order valence-electron chi connectivity index (χ1n) is 11.4.